The number of amides is 1. The summed E-state index contributed by atoms with van der Waals surface area (Å²) in [6, 6.07) is 3.35. The van der Waals surface area contributed by atoms with E-state index in [0.29, 0.717) is 49.1 Å². The first-order chi connectivity index (χ1) is 18.1. The van der Waals surface area contributed by atoms with Crippen LogP contribution in [0.15, 0.2) is 24.5 Å². The van der Waals surface area contributed by atoms with Crippen LogP contribution in [0.2, 0.25) is 10.4 Å². The van der Waals surface area contributed by atoms with Gasteiger partial charge in [-0.2, -0.15) is 0 Å². The van der Waals surface area contributed by atoms with Crippen LogP contribution >= 0.6 is 0 Å². The van der Waals surface area contributed by atoms with E-state index >= 15 is 0 Å². The second kappa shape index (κ2) is 11.0. The predicted molar refractivity (Wildman–Crippen MR) is 134 cm³/mol. The minimum absolute atomic E-state index is 0.121. The first kappa shape index (κ1) is 27.2. The Bertz CT molecular complexity index is 1170. The summed E-state index contributed by atoms with van der Waals surface area (Å²) in [7, 11) is 0. The molecule has 0 radical (unpaired) electrons. The summed E-state index contributed by atoms with van der Waals surface area (Å²) in [6.07, 6.45) is -1.09. The molecule has 1 saturated heterocycles. The van der Waals surface area contributed by atoms with Crippen LogP contribution in [0.3, 0.4) is 0 Å². The van der Waals surface area contributed by atoms with Gasteiger partial charge in [0, 0.05) is 0 Å². The van der Waals surface area contributed by atoms with Gasteiger partial charge in [0.15, 0.2) is 0 Å². The fourth-order valence-electron chi connectivity index (χ4n) is 5.36. The number of nitrogens with zero attached hydrogens (tertiary/aromatic N) is 4. The van der Waals surface area contributed by atoms with Gasteiger partial charge in [0.05, 0.1) is 0 Å². The Morgan fingerprint density at radius 2 is 1.95 bits per heavy atom. The van der Waals surface area contributed by atoms with Gasteiger partial charge in [0.2, 0.25) is 0 Å². The van der Waals surface area contributed by atoms with Crippen molar-refractivity contribution in [2.45, 2.75) is 60.9 Å². The zero-order valence-corrected chi connectivity index (χ0v) is 23.1. The molecule has 0 bridgehead atoms. The van der Waals surface area contributed by atoms with Crippen molar-refractivity contribution in [3.63, 3.8) is 0 Å². The van der Waals surface area contributed by atoms with Crippen LogP contribution < -0.4 is 9.64 Å². The zero-order valence-electron chi connectivity index (χ0n) is 21.0. The van der Waals surface area contributed by atoms with Crippen molar-refractivity contribution in [1.82, 2.24) is 14.9 Å². The normalized spacial score (nSPS) is 22.7. The van der Waals surface area contributed by atoms with E-state index in [0.717, 1.165) is 34.6 Å². The SMILES string of the molecule is C[C@@H]1C[C@@H](O)c2ncnc(N3CCN(C(=O)[C@@H](C[AsH]CC4CC4)c4ccc(OC(F)(F)F)c(F)c4)CC3)c21. The van der Waals surface area contributed by atoms with Crippen molar-refractivity contribution in [2.75, 3.05) is 31.1 Å². The van der Waals surface area contributed by atoms with Gasteiger partial charge in [-0.15, -0.1) is 0 Å². The van der Waals surface area contributed by atoms with Gasteiger partial charge < -0.3 is 0 Å². The molecule has 2 fully saturated rings. The number of anilines is 1. The number of fused-ring (bicyclic) bond motifs is 1. The molecule has 1 aliphatic heterocycles. The topological polar surface area (TPSA) is 78.8 Å². The number of alkyl halides is 3. The molecular formula is C26H31AsF4N4O3. The maximum atomic E-state index is 14.5. The van der Waals surface area contributed by atoms with Crippen LogP contribution in [0.5, 0.6) is 5.75 Å². The Morgan fingerprint density at radius 3 is 2.61 bits per heavy atom. The van der Waals surface area contributed by atoms with E-state index < -0.39 is 45.7 Å². The van der Waals surface area contributed by atoms with Crippen molar-refractivity contribution in [3.05, 3.63) is 47.2 Å². The third-order valence-corrected chi connectivity index (χ3v) is 10.8. The van der Waals surface area contributed by atoms with E-state index in [1.807, 2.05) is 6.92 Å². The third-order valence-electron chi connectivity index (χ3n) is 7.53. The molecule has 1 N–H and O–H groups in total. The van der Waals surface area contributed by atoms with E-state index in [4.69, 9.17) is 0 Å². The molecule has 12 heteroatoms. The number of rotatable bonds is 8. The van der Waals surface area contributed by atoms with E-state index in [1.54, 1.807) is 4.90 Å². The van der Waals surface area contributed by atoms with Crippen LogP contribution in [0.25, 0.3) is 0 Å². The number of aromatic nitrogens is 2. The fourth-order valence-corrected chi connectivity index (χ4v) is 8.89. The summed E-state index contributed by atoms with van der Waals surface area (Å²) < 4.78 is 56.1. The molecule has 5 rings (SSSR count). The third kappa shape index (κ3) is 6.09. The van der Waals surface area contributed by atoms with Crippen LogP contribution in [0.1, 0.15) is 60.9 Å². The van der Waals surface area contributed by atoms with E-state index in [-0.39, 0.29) is 11.8 Å². The first-order valence-corrected chi connectivity index (χ1v) is 15.9. The molecule has 1 aromatic heterocycles. The Balaban J connectivity index is 1.29. The summed E-state index contributed by atoms with van der Waals surface area (Å²) >= 11 is -0.456. The average Bonchev–Trinajstić information content (AvgIpc) is 3.66. The van der Waals surface area contributed by atoms with E-state index in [1.165, 1.54) is 25.2 Å². The first-order valence-electron chi connectivity index (χ1n) is 12.9. The molecule has 0 spiro atoms. The second-order valence-electron chi connectivity index (χ2n) is 10.4. The van der Waals surface area contributed by atoms with E-state index in [9.17, 15) is 27.5 Å². The van der Waals surface area contributed by atoms with Crippen molar-refractivity contribution < 1.29 is 32.2 Å². The molecule has 2 heterocycles. The molecule has 2 aromatic rings. The quantitative estimate of drug-likeness (QED) is 0.363. The Labute approximate surface area is 225 Å². The maximum absolute atomic E-state index is 14.5. The number of hydrogen-bond donors (Lipinski definition) is 1. The summed E-state index contributed by atoms with van der Waals surface area (Å²) in [6.45, 7) is 4.05. The van der Waals surface area contributed by atoms with Crippen LogP contribution in [-0.2, 0) is 4.79 Å². The molecular weight excluding hydrogens is 567 g/mol. The zero-order chi connectivity index (χ0) is 27.0. The molecule has 4 atom stereocenters. The summed E-state index contributed by atoms with van der Waals surface area (Å²) in [4.78, 5) is 26.3. The van der Waals surface area contributed by atoms with Gasteiger partial charge in [-0.05, 0) is 0 Å². The number of hydrogen-bond acceptors (Lipinski definition) is 6. The van der Waals surface area contributed by atoms with Crippen LogP contribution in [0.4, 0.5) is 23.4 Å². The summed E-state index contributed by atoms with van der Waals surface area (Å²) in [5.41, 5.74) is 2.02. The summed E-state index contributed by atoms with van der Waals surface area (Å²) in [5.74, 6) is -1.08. The molecule has 38 heavy (non-hydrogen) atoms. The molecule has 1 unspecified atom stereocenters. The molecule has 3 aliphatic rings. The minimum atomic E-state index is -4.99. The van der Waals surface area contributed by atoms with Gasteiger partial charge in [0.25, 0.3) is 0 Å². The van der Waals surface area contributed by atoms with Gasteiger partial charge in [-0.25, -0.2) is 0 Å². The second-order valence-corrected chi connectivity index (χ2v) is 13.1. The number of aliphatic hydroxyl groups excluding tert-OH is 1. The van der Waals surface area contributed by atoms with Crippen molar-refractivity contribution >= 4 is 27.5 Å². The number of carbonyl (C=O) groups excluding carboxylic acids is 1. The fraction of sp³-hybridized carbons (Fsp3) is 0.577. The van der Waals surface area contributed by atoms with Crippen LogP contribution in [0, 0.1) is 11.7 Å². The number of aliphatic hydroxyl groups is 1. The number of halogens is 4. The molecule has 2 aliphatic carbocycles. The molecule has 1 saturated carbocycles. The predicted octanol–water partition coefficient (Wildman–Crippen LogP) is 4.17. The Kier molecular flexibility index (Phi) is 7.87. The van der Waals surface area contributed by atoms with Crippen molar-refractivity contribution in [1.29, 1.82) is 0 Å². The number of piperazine rings is 1. The van der Waals surface area contributed by atoms with Crippen LogP contribution in [-0.4, -0.2) is 74.2 Å². The standard InChI is InChI=1S/C26H31AsF4N4O3/c1-15-10-20(36)23-22(15)24(33-14-32-23)34-6-8-35(9-7-34)25(37)18(13-27-12-16-2-3-16)17-4-5-21(19(28)11-17)38-26(29,30)31/h4-5,11,14-16,18,20,27,36H,2-3,6-10,12-13H2,1H3/t15-,18+,20-/m1/s1. The average molecular weight is 598 g/mol. The molecule has 1 amide bonds. The molecule has 206 valence electrons. The summed E-state index contributed by atoms with van der Waals surface area (Å²) in [5, 5.41) is 12.0. The molecule has 1 aromatic carbocycles. The number of carbonyl (C=O) groups is 1. The van der Waals surface area contributed by atoms with Gasteiger partial charge in [-0.1, -0.05) is 0 Å². The van der Waals surface area contributed by atoms with Crippen molar-refractivity contribution in [2.24, 2.45) is 5.92 Å². The van der Waals surface area contributed by atoms with Gasteiger partial charge >= 0.3 is 225 Å². The van der Waals surface area contributed by atoms with Gasteiger partial charge in [0.1, 0.15) is 0 Å². The number of benzene rings is 1. The Hall–Kier alpha value is -2.39. The van der Waals surface area contributed by atoms with Crippen molar-refractivity contribution in [3.8, 4) is 5.75 Å². The Morgan fingerprint density at radius 1 is 1.21 bits per heavy atom. The molecule has 7 nitrogen and oxygen atoms in total. The number of ether oxygens (including phenoxy) is 1. The van der Waals surface area contributed by atoms with E-state index in [2.05, 4.69) is 19.6 Å². The monoisotopic (exact) mass is 598 g/mol. The van der Waals surface area contributed by atoms with Gasteiger partial charge in [-0.3, -0.25) is 0 Å².